The Morgan fingerprint density at radius 1 is 1.14 bits per heavy atom. The molecular formula is C21H27N5O3. The number of rotatable bonds is 6. The van der Waals surface area contributed by atoms with Crippen LogP contribution in [0.4, 0.5) is 0 Å². The summed E-state index contributed by atoms with van der Waals surface area (Å²) in [4.78, 5) is 29.3. The van der Waals surface area contributed by atoms with Crippen molar-refractivity contribution >= 4 is 11.8 Å². The molecule has 1 atom stereocenters. The lowest BCUT2D eigenvalue weighted by molar-refractivity contribution is -0.126. The van der Waals surface area contributed by atoms with Crippen molar-refractivity contribution in [1.82, 2.24) is 24.9 Å². The van der Waals surface area contributed by atoms with Gasteiger partial charge in [-0.15, -0.1) is 0 Å². The Hall–Kier alpha value is -2.87. The van der Waals surface area contributed by atoms with E-state index in [-0.39, 0.29) is 17.9 Å². The van der Waals surface area contributed by atoms with Crippen molar-refractivity contribution in [3.8, 4) is 11.4 Å². The first-order valence-electron chi connectivity index (χ1n) is 10.1. The molecule has 1 N–H and O–H groups in total. The molecule has 1 aromatic carbocycles. The fraction of sp³-hybridized carbons (Fsp3) is 0.476. The molecule has 1 aliphatic carbocycles. The van der Waals surface area contributed by atoms with Gasteiger partial charge in [-0.2, -0.15) is 5.10 Å². The molecule has 1 aromatic heterocycles. The molecule has 2 fully saturated rings. The van der Waals surface area contributed by atoms with Crippen LogP contribution in [0.15, 0.2) is 36.5 Å². The van der Waals surface area contributed by atoms with Crippen LogP contribution in [0.2, 0.25) is 0 Å². The van der Waals surface area contributed by atoms with E-state index in [0.717, 1.165) is 18.5 Å². The number of benzene rings is 1. The molecule has 2 heterocycles. The zero-order valence-corrected chi connectivity index (χ0v) is 16.9. The second-order valence-electron chi connectivity index (χ2n) is 7.61. The van der Waals surface area contributed by atoms with Crippen LogP contribution in [0.3, 0.4) is 0 Å². The Kier molecular flexibility index (Phi) is 5.53. The summed E-state index contributed by atoms with van der Waals surface area (Å²) in [5.41, 5.74) is 1.18. The van der Waals surface area contributed by atoms with Crippen molar-refractivity contribution < 1.29 is 14.3 Å². The Balaban J connectivity index is 1.40. The summed E-state index contributed by atoms with van der Waals surface area (Å²) in [5.74, 6) is 0.389. The lowest BCUT2D eigenvalue weighted by Gasteiger charge is -2.37. The van der Waals surface area contributed by atoms with Gasteiger partial charge in [0, 0.05) is 32.2 Å². The molecule has 4 rings (SSSR count). The summed E-state index contributed by atoms with van der Waals surface area (Å²) in [5, 5.41) is 7.52. The maximum absolute atomic E-state index is 13.1. The number of para-hydroxylation sites is 1. The minimum Gasteiger partial charge on any atom is -0.493 e. The van der Waals surface area contributed by atoms with E-state index in [0.29, 0.717) is 43.7 Å². The lowest BCUT2D eigenvalue weighted by Crippen LogP contribution is -2.55. The topological polar surface area (TPSA) is 79.7 Å². The van der Waals surface area contributed by atoms with Crippen LogP contribution in [0.25, 0.3) is 5.69 Å². The largest absolute Gasteiger partial charge is 0.493 e. The molecule has 0 bridgehead atoms. The van der Waals surface area contributed by atoms with Crippen LogP contribution in [0.5, 0.6) is 5.75 Å². The van der Waals surface area contributed by atoms with E-state index in [9.17, 15) is 9.59 Å². The second kappa shape index (κ2) is 8.24. The van der Waals surface area contributed by atoms with Crippen molar-refractivity contribution in [2.75, 3.05) is 33.3 Å². The van der Waals surface area contributed by atoms with Gasteiger partial charge in [0.15, 0.2) is 11.4 Å². The van der Waals surface area contributed by atoms with E-state index in [2.05, 4.69) is 15.3 Å². The van der Waals surface area contributed by atoms with Crippen molar-refractivity contribution in [1.29, 1.82) is 0 Å². The standard InChI is InChI=1S/C21H27N5O3/c1-15(20(27)22-16-8-9-16)24-10-12-25(13-11-24)21(28)19-18(29-2)14-26(23-19)17-6-4-3-5-7-17/h3-7,14-16H,8-13H2,1-2H3,(H,22,27). The second-order valence-corrected chi connectivity index (χ2v) is 7.61. The lowest BCUT2D eigenvalue weighted by atomic mass is 10.2. The number of hydrogen-bond donors (Lipinski definition) is 1. The normalized spacial score (nSPS) is 18.3. The smallest absolute Gasteiger partial charge is 0.278 e. The third kappa shape index (κ3) is 4.27. The summed E-state index contributed by atoms with van der Waals surface area (Å²) >= 11 is 0. The summed E-state index contributed by atoms with van der Waals surface area (Å²) < 4.78 is 7.06. The highest BCUT2D eigenvalue weighted by Gasteiger charge is 2.32. The molecule has 8 heteroatoms. The third-order valence-electron chi connectivity index (χ3n) is 5.58. The third-order valence-corrected chi connectivity index (χ3v) is 5.58. The van der Waals surface area contributed by atoms with Gasteiger partial charge in [-0.1, -0.05) is 18.2 Å². The predicted octanol–water partition coefficient (Wildman–Crippen LogP) is 1.31. The minimum absolute atomic E-state index is 0.0792. The van der Waals surface area contributed by atoms with E-state index in [1.165, 1.54) is 0 Å². The highest BCUT2D eigenvalue weighted by molar-refractivity contribution is 5.95. The first-order valence-corrected chi connectivity index (χ1v) is 10.1. The molecule has 29 heavy (non-hydrogen) atoms. The first-order chi connectivity index (χ1) is 14.1. The summed E-state index contributed by atoms with van der Waals surface area (Å²) in [7, 11) is 1.54. The highest BCUT2D eigenvalue weighted by atomic mass is 16.5. The SMILES string of the molecule is COc1cn(-c2ccccc2)nc1C(=O)N1CCN(C(C)C(=O)NC2CC2)CC1. The zero-order valence-electron chi connectivity index (χ0n) is 16.9. The number of carbonyl (C=O) groups is 2. The van der Waals surface area contributed by atoms with E-state index < -0.39 is 0 Å². The van der Waals surface area contributed by atoms with Gasteiger partial charge in [0.05, 0.1) is 25.0 Å². The van der Waals surface area contributed by atoms with Gasteiger partial charge in [-0.25, -0.2) is 4.68 Å². The van der Waals surface area contributed by atoms with Crippen LogP contribution in [0, 0.1) is 0 Å². The van der Waals surface area contributed by atoms with Crippen LogP contribution >= 0.6 is 0 Å². The van der Waals surface area contributed by atoms with Crippen molar-refractivity contribution in [3.63, 3.8) is 0 Å². The van der Waals surface area contributed by atoms with E-state index >= 15 is 0 Å². The maximum atomic E-state index is 13.1. The number of aromatic nitrogens is 2. The van der Waals surface area contributed by atoms with Gasteiger partial charge in [0.2, 0.25) is 5.91 Å². The Morgan fingerprint density at radius 3 is 2.45 bits per heavy atom. The molecule has 1 saturated carbocycles. The number of amides is 2. The van der Waals surface area contributed by atoms with E-state index in [1.54, 1.807) is 22.9 Å². The number of hydrogen-bond acceptors (Lipinski definition) is 5. The molecule has 0 radical (unpaired) electrons. The molecule has 2 aromatic rings. The number of piperazine rings is 1. The molecule has 1 saturated heterocycles. The van der Waals surface area contributed by atoms with Crippen LogP contribution in [-0.2, 0) is 4.79 Å². The van der Waals surface area contributed by atoms with Crippen LogP contribution in [-0.4, -0.2) is 76.8 Å². The predicted molar refractivity (Wildman–Crippen MR) is 108 cm³/mol. The monoisotopic (exact) mass is 397 g/mol. The number of carbonyl (C=O) groups excluding carboxylic acids is 2. The highest BCUT2D eigenvalue weighted by Crippen LogP contribution is 2.22. The summed E-state index contributed by atoms with van der Waals surface area (Å²) in [6.45, 7) is 4.36. The summed E-state index contributed by atoms with van der Waals surface area (Å²) in [6, 6.07) is 9.80. The molecular weight excluding hydrogens is 370 g/mol. The summed E-state index contributed by atoms with van der Waals surface area (Å²) in [6.07, 6.45) is 3.89. The van der Waals surface area contributed by atoms with E-state index in [4.69, 9.17) is 4.74 Å². The molecule has 2 aliphatic rings. The number of ether oxygens (including phenoxy) is 1. The van der Waals surface area contributed by atoms with Gasteiger partial charge in [0.1, 0.15) is 0 Å². The van der Waals surface area contributed by atoms with Crippen molar-refractivity contribution in [3.05, 3.63) is 42.2 Å². The maximum Gasteiger partial charge on any atom is 0.278 e. The molecule has 154 valence electrons. The van der Waals surface area contributed by atoms with Crippen LogP contribution < -0.4 is 10.1 Å². The molecule has 8 nitrogen and oxygen atoms in total. The molecule has 1 unspecified atom stereocenters. The van der Waals surface area contributed by atoms with Gasteiger partial charge < -0.3 is 15.0 Å². The fourth-order valence-corrected chi connectivity index (χ4v) is 3.55. The van der Waals surface area contributed by atoms with Gasteiger partial charge in [0.25, 0.3) is 5.91 Å². The number of nitrogens with zero attached hydrogens (tertiary/aromatic N) is 4. The minimum atomic E-state index is -0.181. The van der Waals surface area contributed by atoms with Gasteiger partial charge in [-0.3, -0.25) is 14.5 Å². The Labute approximate surface area is 170 Å². The van der Waals surface area contributed by atoms with Crippen LogP contribution in [0.1, 0.15) is 30.3 Å². The number of methoxy groups -OCH3 is 1. The zero-order chi connectivity index (χ0) is 20.4. The average Bonchev–Trinajstić information content (AvgIpc) is 3.47. The van der Waals surface area contributed by atoms with Gasteiger partial charge in [-0.05, 0) is 31.9 Å². The Bertz CT molecular complexity index is 870. The van der Waals surface area contributed by atoms with Crippen molar-refractivity contribution in [2.45, 2.75) is 31.8 Å². The fourth-order valence-electron chi connectivity index (χ4n) is 3.55. The van der Waals surface area contributed by atoms with Gasteiger partial charge >= 0.3 is 0 Å². The average molecular weight is 397 g/mol. The molecule has 2 amide bonds. The van der Waals surface area contributed by atoms with Crippen molar-refractivity contribution in [2.24, 2.45) is 0 Å². The number of nitrogens with one attached hydrogen (secondary N) is 1. The van der Waals surface area contributed by atoms with E-state index in [1.807, 2.05) is 37.3 Å². The first kappa shape index (κ1) is 19.4. The molecule has 0 spiro atoms. The molecule has 1 aliphatic heterocycles. The Morgan fingerprint density at radius 2 is 1.83 bits per heavy atom. The quantitative estimate of drug-likeness (QED) is 0.795.